The molecule has 0 amide bonds. The number of ether oxygens (including phenoxy) is 1. The second-order valence-electron chi connectivity index (χ2n) is 3.53. The molecular formula is C11H14ClNO2. The summed E-state index contributed by atoms with van der Waals surface area (Å²) in [5, 5.41) is 0. The second-order valence-corrected chi connectivity index (χ2v) is 3.53. The molecule has 1 unspecified atom stereocenters. The maximum absolute atomic E-state index is 11.7. The molecule has 1 aliphatic rings. The molecule has 0 saturated heterocycles. The Bertz CT molecular complexity index is 379. The van der Waals surface area contributed by atoms with Crippen molar-refractivity contribution < 1.29 is 9.53 Å². The highest BCUT2D eigenvalue weighted by Gasteiger charge is 2.24. The molecule has 0 bridgehead atoms. The van der Waals surface area contributed by atoms with E-state index in [9.17, 15) is 4.79 Å². The van der Waals surface area contributed by atoms with E-state index in [1.165, 1.54) is 0 Å². The Balaban J connectivity index is 0.00000112. The standard InChI is InChI=1S/C11H13NO2.ClH/c1-14-8-3-4-9-7(6-8)2-5-10(12)11(9)13;/h3-4,6,10H,2,5,12H2,1H3;1H. The highest BCUT2D eigenvalue weighted by atomic mass is 35.5. The minimum Gasteiger partial charge on any atom is -0.497 e. The summed E-state index contributed by atoms with van der Waals surface area (Å²) < 4.78 is 5.10. The summed E-state index contributed by atoms with van der Waals surface area (Å²) in [6.45, 7) is 0. The van der Waals surface area contributed by atoms with Crippen LogP contribution in [0.25, 0.3) is 0 Å². The largest absolute Gasteiger partial charge is 0.497 e. The van der Waals surface area contributed by atoms with Crippen molar-refractivity contribution in [3.8, 4) is 5.75 Å². The number of fused-ring (bicyclic) bond motifs is 1. The van der Waals surface area contributed by atoms with Gasteiger partial charge in [0, 0.05) is 5.56 Å². The fourth-order valence-corrected chi connectivity index (χ4v) is 1.79. The maximum atomic E-state index is 11.7. The summed E-state index contributed by atoms with van der Waals surface area (Å²) in [5.74, 6) is 0.848. The number of carbonyl (C=O) groups is 1. The normalized spacial score (nSPS) is 19.1. The van der Waals surface area contributed by atoms with E-state index >= 15 is 0 Å². The van der Waals surface area contributed by atoms with Crippen LogP contribution in [0.5, 0.6) is 5.75 Å². The minimum absolute atomic E-state index is 0. The van der Waals surface area contributed by atoms with E-state index < -0.39 is 0 Å². The number of hydrogen-bond acceptors (Lipinski definition) is 3. The van der Waals surface area contributed by atoms with E-state index in [1.807, 2.05) is 6.07 Å². The number of aryl methyl sites for hydroxylation is 1. The Hall–Kier alpha value is -1.06. The molecule has 0 aromatic heterocycles. The number of ketones is 1. The lowest BCUT2D eigenvalue weighted by atomic mass is 9.87. The Morgan fingerprint density at radius 1 is 1.47 bits per heavy atom. The highest BCUT2D eigenvalue weighted by molar-refractivity contribution is 6.02. The van der Waals surface area contributed by atoms with E-state index in [0.717, 1.165) is 29.7 Å². The van der Waals surface area contributed by atoms with Gasteiger partial charge in [-0.3, -0.25) is 4.79 Å². The molecule has 3 nitrogen and oxygen atoms in total. The van der Waals surface area contributed by atoms with E-state index in [4.69, 9.17) is 10.5 Å². The van der Waals surface area contributed by atoms with Crippen molar-refractivity contribution in [2.75, 3.05) is 7.11 Å². The zero-order valence-electron chi connectivity index (χ0n) is 8.53. The van der Waals surface area contributed by atoms with Crippen LogP contribution in [-0.2, 0) is 6.42 Å². The Morgan fingerprint density at radius 2 is 2.20 bits per heavy atom. The quantitative estimate of drug-likeness (QED) is 0.793. The molecule has 0 heterocycles. The summed E-state index contributed by atoms with van der Waals surface area (Å²) in [4.78, 5) is 11.7. The molecule has 4 heteroatoms. The molecule has 2 rings (SSSR count). The van der Waals surface area contributed by atoms with Crippen LogP contribution in [0.1, 0.15) is 22.3 Å². The lowest BCUT2D eigenvalue weighted by Crippen LogP contribution is -2.35. The van der Waals surface area contributed by atoms with Crippen molar-refractivity contribution in [1.82, 2.24) is 0 Å². The molecule has 2 N–H and O–H groups in total. The smallest absolute Gasteiger partial charge is 0.179 e. The van der Waals surface area contributed by atoms with Gasteiger partial charge in [0.05, 0.1) is 13.2 Å². The number of hydrogen-bond donors (Lipinski definition) is 1. The van der Waals surface area contributed by atoms with Crippen molar-refractivity contribution in [3.63, 3.8) is 0 Å². The molecule has 1 aliphatic carbocycles. The zero-order chi connectivity index (χ0) is 10.1. The molecule has 0 spiro atoms. The van der Waals surface area contributed by atoms with E-state index in [0.29, 0.717) is 0 Å². The third-order valence-corrected chi connectivity index (χ3v) is 2.64. The summed E-state index contributed by atoms with van der Waals surface area (Å²) in [7, 11) is 1.62. The van der Waals surface area contributed by atoms with Gasteiger partial charge in [-0.2, -0.15) is 0 Å². The number of halogens is 1. The first kappa shape index (κ1) is 12.0. The van der Waals surface area contributed by atoms with E-state index in [-0.39, 0.29) is 24.2 Å². The summed E-state index contributed by atoms with van der Waals surface area (Å²) >= 11 is 0. The Morgan fingerprint density at radius 3 is 2.87 bits per heavy atom. The maximum Gasteiger partial charge on any atom is 0.179 e. The topological polar surface area (TPSA) is 52.3 Å². The van der Waals surface area contributed by atoms with Crippen LogP contribution in [0.2, 0.25) is 0 Å². The van der Waals surface area contributed by atoms with Crippen molar-refractivity contribution in [1.29, 1.82) is 0 Å². The van der Waals surface area contributed by atoms with Crippen molar-refractivity contribution in [2.45, 2.75) is 18.9 Å². The van der Waals surface area contributed by atoms with Gasteiger partial charge in [0.25, 0.3) is 0 Å². The van der Waals surface area contributed by atoms with Crippen LogP contribution in [0, 0.1) is 0 Å². The first-order valence-electron chi connectivity index (χ1n) is 4.69. The highest BCUT2D eigenvalue weighted by Crippen LogP contribution is 2.24. The Kier molecular flexibility index (Phi) is 3.72. The molecule has 0 fully saturated rings. The molecule has 0 saturated carbocycles. The predicted molar refractivity (Wildman–Crippen MR) is 60.9 cm³/mol. The molecule has 1 atom stereocenters. The zero-order valence-corrected chi connectivity index (χ0v) is 9.34. The van der Waals surface area contributed by atoms with E-state index in [1.54, 1.807) is 19.2 Å². The number of carbonyl (C=O) groups excluding carboxylic acids is 1. The number of nitrogens with two attached hydrogens (primary N) is 1. The van der Waals surface area contributed by atoms with Crippen LogP contribution >= 0.6 is 12.4 Å². The number of benzene rings is 1. The lowest BCUT2D eigenvalue weighted by Gasteiger charge is -2.20. The van der Waals surface area contributed by atoms with Gasteiger partial charge in [-0.05, 0) is 36.6 Å². The van der Waals surface area contributed by atoms with Gasteiger partial charge in [-0.1, -0.05) is 0 Å². The van der Waals surface area contributed by atoms with Crippen LogP contribution in [0.15, 0.2) is 18.2 Å². The molecule has 0 radical (unpaired) electrons. The number of rotatable bonds is 1. The van der Waals surface area contributed by atoms with Gasteiger partial charge in [0.15, 0.2) is 5.78 Å². The van der Waals surface area contributed by atoms with Gasteiger partial charge in [-0.25, -0.2) is 0 Å². The minimum atomic E-state index is -0.323. The average Bonchev–Trinajstić information content (AvgIpc) is 2.23. The van der Waals surface area contributed by atoms with Crippen molar-refractivity contribution in [2.24, 2.45) is 5.73 Å². The molecular weight excluding hydrogens is 214 g/mol. The molecule has 1 aromatic rings. The predicted octanol–water partition coefficient (Wildman–Crippen LogP) is 1.57. The fourth-order valence-electron chi connectivity index (χ4n) is 1.79. The number of methoxy groups -OCH3 is 1. The third-order valence-electron chi connectivity index (χ3n) is 2.64. The second kappa shape index (κ2) is 4.64. The van der Waals surface area contributed by atoms with Crippen LogP contribution in [-0.4, -0.2) is 18.9 Å². The van der Waals surface area contributed by atoms with Crippen LogP contribution in [0.4, 0.5) is 0 Å². The summed E-state index contributed by atoms with van der Waals surface area (Å²) in [5.41, 5.74) is 7.49. The van der Waals surface area contributed by atoms with Crippen LogP contribution in [0.3, 0.4) is 0 Å². The fraction of sp³-hybridized carbons (Fsp3) is 0.364. The monoisotopic (exact) mass is 227 g/mol. The molecule has 82 valence electrons. The van der Waals surface area contributed by atoms with Crippen molar-refractivity contribution >= 4 is 18.2 Å². The summed E-state index contributed by atoms with van der Waals surface area (Å²) in [6, 6.07) is 5.19. The van der Waals surface area contributed by atoms with Gasteiger partial charge in [0.1, 0.15) is 5.75 Å². The van der Waals surface area contributed by atoms with Crippen molar-refractivity contribution in [3.05, 3.63) is 29.3 Å². The third kappa shape index (κ3) is 2.13. The first-order valence-corrected chi connectivity index (χ1v) is 4.69. The van der Waals surface area contributed by atoms with Crippen LogP contribution < -0.4 is 10.5 Å². The van der Waals surface area contributed by atoms with Gasteiger partial charge >= 0.3 is 0 Å². The number of Topliss-reactive ketones (excluding diaryl/α,β-unsaturated/α-hetero) is 1. The Labute approximate surface area is 95.0 Å². The van der Waals surface area contributed by atoms with E-state index in [2.05, 4.69) is 0 Å². The molecule has 1 aromatic carbocycles. The lowest BCUT2D eigenvalue weighted by molar-refractivity contribution is 0.0948. The molecule has 15 heavy (non-hydrogen) atoms. The summed E-state index contributed by atoms with van der Waals surface area (Å²) in [6.07, 6.45) is 1.60. The van der Waals surface area contributed by atoms with Gasteiger partial charge in [0.2, 0.25) is 0 Å². The van der Waals surface area contributed by atoms with Gasteiger partial charge < -0.3 is 10.5 Å². The average molecular weight is 228 g/mol. The SMILES string of the molecule is COc1ccc2c(c1)CCC(N)C2=O.Cl. The molecule has 0 aliphatic heterocycles. The first-order chi connectivity index (χ1) is 6.72. The van der Waals surface area contributed by atoms with Gasteiger partial charge in [-0.15, -0.1) is 12.4 Å².